The lowest BCUT2D eigenvalue weighted by Gasteiger charge is -2.05. The number of esters is 1. The van der Waals surface area contributed by atoms with E-state index in [0.29, 0.717) is 28.0 Å². The molecule has 23 heavy (non-hydrogen) atoms. The highest BCUT2D eigenvalue weighted by atomic mass is 79.9. The van der Waals surface area contributed by atoms with Crippen molar-refractivity contribution in [3.8, 4) is 0 Å². The molecule has 0 aliphatic rings. The number of rotatable bonds is 3. The van der Waals surface area contributed by atoms with E-state index in [1.165, 1.54) is 18.0 Å². The largest absolute Gasteiger partial charge is 0.465 e. The first-order valence-corrected chi connectivity index (χ1v) is 7.61. The highest BCUT2D eigenvalue weighted by Gasteiger charge is 2.16. The van der Waals surface area contributed by atoms with E-state index in [9.17, 15) is 9.59 Å². The highest BCUT2D eigenvalue weighted by molar-refractivity contribution is 9.10. The standard InChI is InChI=1S/C16H13BrN2O4/c1-9-12(16(21)22-2)6-11(23-9)7-19-8-18-14-4-3-10(17)5-13(14)15(19)20/h3-6,8H,7H2,1-2H3. The number of benzene rings is 1. The van der Waals surface area contributed by atoms with E-state index in [0.717, 1.165) is 4.47 Å². The first kappa shape index (κ1) is 15.5. The number of nitrogens with zero attached hydrogens (tertiary/aromatic N) is 2. The second-order valence-corrected chi connectivity index (χ2v) is 5.93. The monoisotopic (exact) mass is 376 g/mol. The van der Waals surface area contributed by atoms with Gasteiger partial charge in [-0.1, -0.05) is 15.9 Å². The maximum atomic E-state index is 12.5. The predicted octanol–water partition coefficient (Wildman–Crippen LogP) is 2.90. The molecule has 0 saturated carbocycles. The molecule has 0 atom stereocenters. The summed E-state index contributed by atoms with van der Waals surface area (Å²) in [7, 11) is 1.31. The molecule has 3 aromatic rings. The quantitative estimate of drug-likeness (QED) is 0.657. The van der Waals surface area contributed by atoms with Crippen LogP contribution in [0.15, 0.2) is 44.3 Å². The number of hydrogen-bond acceptors (Lipinski definition) is 5. The second-order valence-electron chi connectivity index (χ2n) is 5.01. The fourth-order valence-electron chi connectivity index (χ4n) is 2.35. The summed E-state index contributed by atoms with van der Waals surface area (Å²) in [4.78, 5) is 28.4. The molecular formula is C16H13BrN2O4. The summed E-state index contributed by atoms with van der Waals surface area (Å²) in [5.74, 6) is 0.475. The number of fused-ring (bicyclic) bond motifs is 1. The Morgan fingerprint density at radius 2 is 2.17 bits per heavy atom. The molecule has 0 spiro atoms. The van der Waals surface area contributed by atoms with E-state index >= 15 is 0 Å². The van der Waals surface area contributed by atoms with Crippen molar-refractivity contribution in [2.75, 3.05) is 7.11 Å². The van der Waals surface area contributed by atoms with E-state index in [2.05, 4.69) is 20.9 Å². The SMILES string of the molecule is COC(=O)c1cc(Cn2cnc3ccc(Br)cc3c2=O)oc1C. The molecule has 0 fully saturated rings. The zero-order chi connectivity index (χ0) is 16.6. The lowest BCUT2D eigenvalue weighted by atomic mass is 10.2. The molecule has 0 aliphatic carbocycles. The summed E-state index contributed by atoms with van der Waals surface area (Å²) in [5.41, 5.74) is 0.803. The van der Waals surface area contributed by atoms with Gasteiger partial charge in [0.15, 0.2) is 0 Å². The third-order valence-corrected chi connectivity index (χ3v) is 3.98. The van der Waals surface area contributed by atoms with Crippen molar-refractivity contribution >= 4 is 32.8 Å². The van der Waals surface area contributed by atoms with Gasteiger partial charge in [-0.3, -0.25) is 9.36 Å². The van der Waals surface area contributed by atoms with Crippen LogP contribution in [0.5, 0.6) is 0 Å². The number of halogens is 1. The molecule has 0 aliphatic heterocycles. The minimum absolute atomic E-state index is 0.176. The van der Waals surface area contributed by atoms with Crippen LogP contribution in [0.25, 0.3) is 10.9 Å². The van der Waals surface area contributed by atoms with Crippen LogP contribution >= 0.6 is 15.9 Å². The first-order valence-electron chi connectivity index (χ1n) is 6.82. The van der Waals surface area contributed by atoms with Crippen molar-refractivity contribution in [1.29, 1.82) is 0 Å². The van der Waals surface area contributed by atoms with Crippen LogP contribution < -0.4 is 5.56 Å². The van der Waals surface area contributed by atoms with Gasteiger partial charge >= 0.3 is 5.97 Å². The number of aromatic nitrogens is 2. The number of aryl methyl sites for hydroxylation is 1. The third-order valence-electron chi connectivity index (χ3n) is 3.49. The summed E-state index contributed by atoms with van der Waals surface area (Å²) in [6.07, 6.45) is 1.47. The molecule has 1 aromatic carbocycles. The van der Waals surface area contributed by atoms with Gasteiger partial charge in [0, 0.05) is 4.47 Å². The van der Waals surface area contributed by atoms with Crippen LogP contribution in [0.3, 0.4) is 0 Å². The van der Waals surface area contributed by atoms with Crippen LogP contribution in [0.1, 0.15) is 21.9 Å². The normalized spacial score (nSPS) is 10.9. The Hall–Kier alpha value is -2.41. The van der Waals surface area contributed by atoms with Crippen molar-refractivity contribution in [3.05, 3.63) is 62.5 Å². The molecule has 0 N–H and O–H groups in total. The number of carbonyl (C=O) groups excluding carboxylic acids is 1. The Morgan fingerprint density at radius 1 is 1.39 bits per heavy atom. The van der Waals surface area contributed by atoms with Crippen LogP contribution in [-0.2, 0) is 11.3 Å². The Kier molecular flexibility index (Phi) is 4.04. The molecule has 0 unspecified atom stereocenters. The van der Waals surface area contributed by atoms with Crippen LogP contribution in [0.4, 0.5) is 0 Å². The number of hydrogen-bond donors (Lipinski definition) is 0. The third kappa shape index (κ3) is 2.92. The van der Waals surface area contributed by atoms with Gasteiger partial charge in [-0.2, -0.15) is 0 Å². The number of furan rings is 1. The Morgan fingerprint density at radius 3 is 2.91 bits per heavy atom. The molecule has 0 radical (unpaired) electrons. The summed E-state index contributed by atoms with van der Waals surface area (Å²) in [6, 6.07) is 6.92. The molecule has 2 aromatic heterocycles. The van der Waals surface area contributed by atoms with Gasteiger partial charge in [0.25, 0.3) is 5.56 Å². The molecule has 118 valence electrons. The molecular weight excluding hydrogens is 364 g/mol. The number of carbonyl (C=O) groups is 1. The number of methoxy groups -OCH3 is 1. The molecule has 0 amide bonds. The van der Waals surface area contributed by atoms with Crippen molar-refractivity contribution in [3.63, 3.8) is 0 Å². The van der Waals surface area contributed by atoms with Crippen LogP contribution in [-0.4, -0.2) is 22.6 Å². The fraction of sp³-hybridized carbons (Fsp3) is 0.188. The van der Waals surface area contributed by atoms with Crippen LogP contribution in [0.2, 0.25) is 0 Å². The lowest BCUT2D eigenvalue weighted by Crippen LogP contribution is -2.21. The van der Waals surface area contributed by atoms with E-state index in [-0.39, 0.29) is 12.1 Å². The minimum atomic E-state index is -0.467. The van der Waals surface area contributed by atoms with Gasteiger partial charge in [0.2, 0.25) is 0 Å². The van der Waals surface area contributed by atoms with Gasteiger partial charge < -0.3 is 9.15 Å². The second kappa shape index (κ2) is 6.00. The zero-order valence-corrected chi connectivity index (χ0v) is 14.1. The Bertz CT molecular complexity index is 958. The number of ether oxygens (including phenoxy) is 1. The van der Waals surface area contributed by atoms with Gasteiger partial charge in [0.05, 0.1) is 30.9 Å². The fourth-order valence-corrected chi connectivity index (χ4v) is 2.71. The van der Waals surface area contributed by atoms with Gasteiger partial charge in [-0.15, -0.1) is 0 Å². The summed E-state index contributed by atoms with van der Waals surface area (Å²) in [6.45, 7) is 1.86. The van der Waals surface area contributed by atoms with E-state index in [1.54, 1.807) is 25.1 Å². The van der Waals surface area contributed by atoms with Crippen molar-refractivity contribution in [2.24, 2.45) is 0 Å². The average molecular weight is 377 g/mol. The van der Waals surface area contributed by atoms with E-state index < -0.39 is 5.97 Å². The molecule has 6 nitrogen and oxygen atoms in total. The summed E-state index contributed by atoms with van der Waals surface area (Å²) < 4.78 is 12.5. The van der Waals surface area contributed by atoms with Gasteiger partial charge in [-0.25, -0.2) is 9.78 Å². The zero-order valence-electron chi connectivity index (χ0n) is 12.5. The van der Waals surface area contributed by atoms with E-state index in [1.807, 2.05) is 6.07 Å². The van der Waals surface area contributed by atoms with Crippen molar-refractivity contribution in [1.82, 2.24) is 9.55 Å². The minimum Gasteiger partial charge on any atom is -0.465 e. The predicted molar refractivity (Wildman–Crippen MR) is 87.6 cm³/mol. The highest BCUT2D eigenvalue weighted by Crippen LogP contribution is 2.18. The Labute approximate surface area is 139 Å². The molecule has 7 heteroatoms. The molecule has 0 bridgehead atoms. The average Bonchev–Trinajstić information content (AvgIpc) is 2.90. The topological polar surface area (TPSA) is 74.3 Å². The maximum absolute atomic E-state index is 12.5. The lowest BCUT2D eigenvalue weighted by molar-refractivity contribution is 0.0599. The maximum Gasteiger partial charge on any atom is 0.341 e. The van der Waals surface area contributed by atoms with Gasteiger partial charge in [0.1, 0.15) is 17.1 Å². The Balaban J connectivity index is 2.00. The summed E-state index contributed by atoms with van der Waals surface area (Å²) in [5, 5.41) is 0.512. The van der Waals surface area contributed by atoms with Crippen molar-refractivity contribution in [2.45, 2.75) is 13.5 Å². The van der Waals surface area contributed by atoms with Gasteiger partial charge in [-0.05, 0) is 31.2 Å². The van der Waals surface area contributed by atoms with E-state index in [4.69, 9.17) is 9.15 Å². The first-order chi connectivity index (χ1) is 11.0. The molecule has 3 rings (SSSR count). The smallest absolute Gasteiger partial charge is 0.341 e. The van der Waals surface area contributed by atoms with Crippen LogP contribution in [0, 0.1) is 6.92 Å². The molecule has 0 saturated heterocycles. The summed E-state index contributed by atoms with van der Waals surface area (Å²) >= 11 is 3.35. The molecule has 2 heterocycles. The van der Waals surface area contributed by atoms with Crippen molar-refractivity contribution < 1.29 is 13.9 Å².